The maximum atomic E-state index is 12.7. The summed E-state index contributed by atoms with van der Waals surface area (Å²) in [5.41, 5.74) is 3.97. The minimum absolute atomic E-state index is 0.0368. The van der Waals surface area contributed by atoms with Crippen molar-refractivity contribution in [3.05, 3.63) is 83.2 Å². The standard InChI is InChI=1S/C22H23N3O2/c1-2-17-9-6-10-19-20(11-12-27-21(17)19)24-22(26)18-13-23-25(15-18)14-16-7-4-3-5-8-16/h3-10,13,15,20H,2,11-12,14H2,1H3,(H,24,26). The average molecular weight is 361 g/mol. The van der Waals surface area contributed by atoms with Crippen LogP contribution in [-0.4, -0.2) is 22.3 Å². The molecule has 1 aromatic heterocycles. The molecule has 0 saturated heterocycles. The number of fused-ring (bicyclic) bond motifs is 1. The number of rotatable bonds is 5. The number of carbonyl (C=O) groups is 1. The summed E-state index contributed by atoms with van der Waals surface area (Å²) < 4.78 is 7.65. The normalized spacial score (nSPS) is 15.7. The average Bonchev–Trinajstić information content (AvgIpc) is 3.17. The van der Waals surface area contributed by atoms with Gasteiger partial charge in [0.1, 0.15) is 5.75 Å². The molecular weight excluding hydrogens is 338 g/mol. The molecule has 138 valence electrons. The number of amides is 1. The minimum atomic E-state index is -0.103. The topological polar surface area (TPSA) is 56.1 Å². The summed E-state index contributed by atoms with van der Waals surface area (Å²) in [7, 11) is 0. The highest BCUT2D eigenvalue weighted by Gasteiger charge is 2.25. The lowest BCUT2D eigenvalue weighted by molar-refractivity contribution is 0.0924. The van der Waals surface area contributed by atoms with Crippen LogP contribution in [0.25, 0.3) is 0 Å². The Labute approximate surface area is 159 Å². The smallest absolute Gasteiger partial charge is 0.254 e. The fraction of sp³-hybridized carbons (Fsp3) is 0.273. The van der Waals surface area contributed by atoms with Gasteiger partial charge in [-0.15, -0.1) is 0 Å². The van der Waals surface area contributed by atoms with Crippen molar-refractivity contribution in [2.45, 2.75) is 32.4 Å². The van der Waals surface area contributed by atoms with E-state index >= 15 is 0 Å². The third-order valence-corrected chi connectivity index (χ3v) is 4.92. The summed E-state index contributed by atoms with van der Waals surface area (Å²) in [4.78, 5) is 12.7. The van der Waals surface area contributed by atoms with E-state index in [1.807, 2.05) is 42.5 Å². The molecule has 1 unspecified atom stereocenters. The fourth-order valence-electron chi connectivity index (χ4n) is 3.50. The van der Waals surface area contributed by atoms with Crippen LogP contribution in [-0.2, 0) is 13.0 Å². The van der Waals surface area contributed by atoms with Crippen LogP contribution in [0.5, 0.6) is 5.75 Å². The van der Waals surface area contributed by atoms with E-state index in [1.54, 1.807) is 17.1 Å². The van der Waals surface area contributed by atoms with Gasteiger partial charge in [-0.25, -0.2) is 0 Å². The lowest BCUT2D eigenvalue weighted by atomic mass is 9.96. The predicted octanol–water partition coefficient (Wildman–Crippen LogP) is 3.75. The van der Waals surface area contributed by atoms with Gasteiger partial charge in [0.15, 0.2) is 0 Å². The third-order valence-electron chi connectivity index (χ3n) is 4.92. The summed E-state index contributed by atoms with van der Waals surface area (Å²) in [6.07, 6.45) is 5.10. The Balaban J connectivity index is 1.48. The van der Waals surface area contributed by atoms with Crippen molar-refractivity contribution in [2.75, 3.05) is 6.61 Å². The number of hydrogen-bond donors (Lipinski definition) is 1. The van der Waals surface area contributed by atoms with E-state index in [9.17, 15) is 4.79 Å². The molecule has 5 nitrogen and oxygen atoms in total. The van der Waals surface area contributed by atoms with Crippen molar-refractivity contribution >= 4 is 5.91 Å². The molecule has 3 aromatic rings. The highest BCUT2D eigenvalue weighted by Crippen LogP contribution is 2.35. The Bertz CT molecular complexity index is 934. The monoisotopic (exact) mass is 361 g/mol. The van der Waals surface area contributed by atoms with Gasteiger partial charge in [-0.3, -0.25) is 9.48 Å². The molecule has 2 aromatic carbocycles. The van der Waals surface area contributed by atoms with Crippen LogP contribution in [0.1, 0.15) is 46.4 Å². The lowest BCUT2D eigenvalue weighted by Gasteiger charge is -2.28. The van der Waals surface area contributed by atoms with E-state index < -0.39 is 0 Å². The number of nitrogens with zero attached hydrogens (tertiary/aromatic N) is 2. The molecule has 5 heteroatoms. The van der Waals surface area contributed by atoms with Crippen LogP contribution in [0, 0.1) is 0 Å². The fourth-order valence-corrected chi connectivity index (χ4v) is 3.50. The summed E-state index contributed by atoms with van der Waals surface area (Å²) in [5, 5.41) is 7.48. The van der Waals surface area contributed by atoms with E-state index in [-0.39, 0.29) is 11.9 Å². The van der Waals surface area contributed by atoms with Crippen molar-refractivity contribution in [3.8, 4) is 5.75 Å². The third kappa shape index (κ3) is 3.72. The Morgan fingerprint density at radius 3 is 2.89 bits per heavy atom. The highest BCUT2D eigenvalue weighted by molar-refractivity contribution is 5.94. The molecule has 4 rings (SSSR count). The molecule has 0 spiro atoms. The SMILES string of the molecule is CCc1cccc2c1OCCC2NC(=O)c1cnn(Cc2ccccc2)c1. The van der Waals surface area contributed by atoms with Crippen molar-refractivity contribution in [2.24, 2.45) is 0 Å². The molecule has 2 heterocycles. The van der Waals surface area contributed by atoms with Crippen LogP contribution in [0.15, 0.2) is 60.9 Å². The number of hydrogen-bond acceptors (Lipinski definition) is 3. The highest BCUT2D eigenvalue weighted by atomic mass is 16.5. The Kier molecular flexibility index (Phi) is 4.92. The van der Waals surface area contributed by atoms with Gasteiger partial charge >= 0.3 is 0 Å². The maximum Gasteiger partial charge on any atom is 0.254 e. The second-order valence-electron chi connectivity index (χ2n) is 6.76. The minimum Gasteiger partial charge on any atom is -0.493 e. The summed E-state index contributed by atoms with van der Waals surface area (Å²) in [5.74, 6) is 0.824. The second kappa shape index (κ2) is 7.66. The van der Waals surface area contributed by atoms with Crippen molar-refractivity contribution in [1.82, 2.24) is 15.1 Å². The molecule has 1 aliphatic heterocycles. The Morgan fingerprint density at radius 2 is 2.07 bits per heavy atom. The van der Waals surface area contributed by atoms with Gasteiger partial charge in [0.25, 0.3) is 5.91 Å². The number of aromatic nitrogens is 2. The van der Waals surface area contributed by atoms with Crippen LogP contribution < -0.4 is 10.1 Å². The van der Waals surface area contributed by atoms with E-state index in [0.717, 1.165) is 29.7 Å². The Morgan fingerprint density at radius 1 is 1.22 bits per heavy atom. The zero-order valence-corrected chi connectivity index (χ0v) is 15.4. The van der Waals surface area contributed by atoms with Crippen molar-refractivity contribution in [3.63, 3.8) is 0 Å². The quantitative estimate of drug-likeness (QED) is 0.753. The van der Waals surface area contributed by atoms with Gasteiger partial charge in [0.05, 0.1) is 31.0 Å². The van der Waals surface area contributed by atoms with Gasteiger partial charge in [-0.05, 0) is 17.5 Å². The second-order valence-corrected chi connectivity index (χ2v) is 6.76. The predicted molar refractivity (Wildman–Crippen MR) is 104 cm³/mol. The molecular formula is C22H23N3O2. The molecule has 0 radical (unpaired) electrons. The number of carbonyl (C=O) groups excluding carboxylic acids is 1. The zero-order valence-electron chi connectivity index (χ0n) is 15.4. The van der Waals surface area contributed by atoms with Crippen LogP contribution in [0.2, 0.25) is 0 Å². The molecule has 1 amide bonds. The molecule has 0 bridgehead atoms. The number of benzene rings is 2. The first-order valence-electron chi connectivity index (χ1n) is 9.36. The molecule has 0 aliphatic carbocycles. The van der Waals surface area contributed by atoms with Gasteiger partial charge in [0.2, 0.25) is 0 Å². The first-order chi connectivity index (χ1) is 13.2. The molecule has 1 N–H and O–H groups in total. The number of para-hydroxylation sites is 1. The largest absolute Gasteiger partial charge is 0.493 e. The summed E-state index contributed by atoms with van der Waals surface area (Å²) in [6, 6.07) is 16.2. The molecule has 1 atom stereocenters. The van der Waals surface area contributed by atoms with E-state index in [1.165, 1.54) is 5.56 Å². The van der Waals surface area contributed by atoms with Crippen LogP contribution >= 0.6 is 0 Å². The number of aryl methyl sites for hydroxylation is 1. The van der Waals surface area contributed by atoms with E-state index in [0.29, 0.717) is 18.7 Å². The number of ether oxygens (including phenoxy) is 1. The first kappa shape index (κ1) is 17.3. The van der Waals surface area contributed by atoms with Gasteiger partial charge < -0.3 is 10.1 Å². The van der Waals surface area contributed by atoms with Crippen molar-refractivity contribution < 1.29 is 9.53 Å². The van der Waals surface area contributed by atoms with Crippen LogP contribution in [0.3, 0.4) is 0 Å². The van der Waals surface area contributed by atoms with Gasteiger partial charge in [-0.1, -0.05) is 55.5 Å². The summed E-state index contributed by atoms with van der Waals surface area (Å²) >= 11 is 0. The van der Waals surface area contributed by atoms with Crippen LogP contribution in [0.4, 0.5) is 0 Å². The molecule has 0 saturated carbocycles. The first-order valence-corrected chi connectivity index (χ1v) is 9.36. The lowest BCUT2D eigenvalue weighted by Crippen LogP contribution is -2.32. The Hall–Kier alpha value is -3.08. The molecule has 27 heavy (non-hydrogen) atoms. The van der Waals surface area contributed by atoms with E-state index in [4.69, 9.17) is 4.74 Å². The number of nitrogens with one attached hydrogen (secondary N) is 1. The van der Waals surface area contributed by atoms with Gasteiger partial charge in [0, 0.05) is 18.2 Å². The zero-order chi connectivity index (χ0) is 18.6. The maximum absolute atomic E-state index is 12.7. The van der Waals surface area contributed by atoms with E-state index in [2.05, 4.69) is 23.4 Å². The molecule has 0 fully saturated rings. The summed E-state index contributed by atoms with van der Waals surface area (Å²) in [6.45, 7) is 3.37. The van der Waals surface area contributed by atoms with Gasteiger partial charge in [-0.2, -0.15) is 5.10 Å². The molecule has 1 aliphatic rings. The van der Waals surface area contributed by atoms with Crippen molar-refractivity contribution in [1.29, 1.82) is 0 Å².